The highest BCUT2D eigenvalue weighted by Gasteiger charge is 2.31. The van der Waals surface area contributed by atoms with E-state index in [4.69, 9.17) is 4.74 Å². The largest absolute Gasteiger partial charge is 0.445 e. The number of amides is 1. The molecule has 1 aromatic carbocycles. The fraction of sp³-hybridized carbons (Fsp3) is 0.611. The lowest BCUT2D eigenvalue weighted by Crippen LogP contribution is -2.52. The van der Waals surface area contributed by atoms with Gasteiger partial charge in [-0.05, 0) is 30.9 Å². The summed E-state index contributed by atoms with van der Waals surface area (Å²) in [6.07, 6.45) is 0.842. The number of nitrogens with one attached hydrogen (secondary N) is 1. The molecule has 0 aliphatic carbocycles. The first-order chi connectivity index (χ1) is 11.1. The van der Waals surface area contributed by atoms with Crippen LogP contribution in [0.3, 0.4) is 0 Å². The number of hydrogen-bond donors (Lipinski definition) is 2. The molecule has 1 aliphatic rings. The van der Waals surface area contributed by atoms with Gasteiger partial charge in [-0.3, -0.25) is 0 Å². The third-order valence-corrected chi connectivity index (χ3v) is 4.50. The minimum Gasteiger partial charge on any atom is -0.445 e. The molecule has 1 fully saturated rings. The van der Waals surface area contributed by atoms with Gasteiger partial charge in [-0.2, -0.15) is 0 Å². The molecule has 1 saturated heterocycles. The second-order valence-corrected chi connectivity index (χ2v) is 6.23. The Morgan fingerprint density at radius 1 is 1.35 bits per heavy atom. The van der Waals surface area contributed by atoms with Gasteiger partial charge in [-0.25, -0.2) is 4.79 Å². The van der Waals surface area contributed by atoms with Gasteiger partial charge in [0, 0.05) is 19.1 Å². The van der Waals surface area contributed by atoms with E-state index in [1.165, 1.54) is 0 Å². The molecule has 0 saturated carbocycles. The Hall–Kier alpha value is -1.59. The van der Waals surface area contributed by atoms with E-state index in [-0.39, 0.29) is 30.8 Å². The van der Waals surface area contributed by atoms with Gasteiger partial charge >= 0.3 is 6.09 Å². The lowest BCUT2D eigenvalue weighted by molar-refractivity contribution is 0.0359. The van der Waals surface area contributed by atoms with E-state index in [0.717, 1.165) is 38.0 Å². The molecular weight excluding hydrogens is 292 g/mol. The molecule has 1 aromatic rings. The average Bonchev–Trinajstić information content (AvgIpc) is 2.59. The summed E-state index contributed by atoms with van der Waals surface area (Å²) in [6.45, 7) is 6.99. The van der Waals surface area contributed by atoms with Crippen LogP contribution in [0.2, 0.25) is 0 Å². The van der Waals surface area contributed by atoms with Crippen molar-refractivity contribution in [2.45, 2.75) is 45.4 Å². The number of aliphatic hydroxyl groups excluding tert-OH is 1. The molecule has 0 bridgehead atoms. The first-order valence-electron chi connectivity index (χ1n) is 8.50. The van der Waals surface area contributed by atoms with Crippen LogP contribution in [0.25, 0.3) is 0 Å². The smallest absolute Gasteiger partial charge is 0.407 e. The highest BCUT2D eigenvalue weighted by atomic mass is 16.5. The second kappa shape index (κ2) is 8.89. The number of nitrogens with zero attached hydrogens (tertiary/aromatic N) is 1. The quantitative estimate of drug-likeness (QED) is 0.845. The molecule has 2 N–H and O–H groups in total. The summed E-state index contributed by atoms with van der Waals surface area (Å²) in [5, 5.41) is 13.1. The van der Waals surface area contributed by atoms with Crippen molar-refractivity contribution in [1.82, 2.24) is 10.2 Å². The number of carbonyl (C=O) groups is 1. The number of aliphatic hydroxyl groups is 1. The fourth-order valence-corrected chi connectivity index (χ4v) is 3.14. The molecule has 128 valence electrons. The Balaban J connectivity index is 1.83. The first kappa shape index (κ1) is 17.8. The maximum Gasteiger partial charge on any atom is 0.407 e. The number of rotatable bonds is 6. The SMILES string of the molecule is CCC(O)C1CC(NC(=O)OCc2ccccc2)CN(CC)C1. The molecule has 2 rings (SSSR count). The lowest BCUT2D eigenvalue weighted by Gasteiger charge is -2.39. The second-order valence-electron chi connectivity index (χ2n) is 6.23. The van der Waals surface area contributed by atoms with Crippen LogP contribution in [0.5, 0.6) is 0 Å². The van der Waals surface area contributed by atoms with Crippen LogP contribution in [0.1, 0.15) is 32.3 Å². The van der Waals surface area contributed by atoms with Gasteiger partial charge in [0.1, 0.15) is 6.61 Å². The van der Waals surface area contributed by atoms with Gasteiger partial charge in [0.25, 0.3) is 0 Å². The zero-order chi connectivity index (χ0) is 16.7. The molecule has 3 atom stereocenters. The molecular formula is C18H28N2O3. The van der Waals surface area contributed by atoms with Crippen molar-refractivity contribution in [3.63, 3.8) is 0 Å². The van der Waals surface area contributed by atoms with Gasteiger partial charge in [-0.1, -0.05) is 44.2 Å². The van der Waals surface area contributed by atoms with E-state index in [2.05, 4.69) is 17.1 Å². The van der Waals surface area contributed by atoms with Gasteiger partial charge in [0.05, 0.1) is 6.10 Å². The number of alkyl carbamates (subject to hydrolysis) is 1. The summed E-state index contributed by atoms with van der Waals surface area (Å²) in [5.74, 6) is 0.202. The van der Waals surface area contributed by atoms with Crippen molar-refractivity contribution in [3.8, 4) is 0 Å². The molecule has 1 amide bonds. The molecule has 23 heavy (non-hydrogen) atoms. The summed E-state index contributed by atoms with van der Waals surface area (Å²) in [7, 11) is 0. The standard InChI is InChI=1S/C18H28N2O3/c1-3-17(21)15-10-16(12-20(4-2)11-15)19-18(22)23-13-14-8-6-5-7-9-14/h5-9,15-17,21H,3-4,10-13H2,1-2H3,(H,19,22). The summed E-state index contributed by atoms with van der Waals surface area (Å²) in [5.41, 5.74) is 0.973. The lowest BCUT2D eigenvalue weighted by atomic mass is 9.88. The number of piperidine rings is 1. The Morgan fingerprint density at radius 2 is 2.09 bits per heavy atom. The molecule has 3 unspecified atom stereocenters. The van der Waals surface area contributed by atoms with Crippen molar-refractivity contribution in [3.05, 3.63) is 35.9 Å². The minimum atomic E-state index is -0.387. The molecule has 1 aliphatic heterocycles. The number of carbonyl (C=O) groups excluding carboxylic acids is 1. The Morgan fingerprint density at radius 3 is 2.74 bits per heavy atom. The number of hydrogen-bond acceptors (Lipinski definition) is 4. The number of ether oxygens (including phenoxy) is 1. The van der Waals surface area contributed by atoms with Gasteiger partial charge in [-0.15, -0.1) is 0 Å². The van der Waals surface area contributed by atoms with E-state index in [9.17, 15) is 9.90 Å². The maximum atomic E-state index is 12.0. The van der Waals surface area contributed by atoms with Crippen molar-refractivity contribution in [1.29, 1.82) is 0 Å². The third-order valence-electron chi connectivity index (χ3n) is 4.50. The van der Waals surface area contributed by atoms with Crippen molar-refractivity contribution < 1.29 is 14.6 Å². The highest BCUT2D eigenvalue weighted by molar-refractivity contribution is 5.67. The van der Waals surface area contributed by atoms with Crippen LogP contribution >= 0.6 is 0 Å². The van der Waals surface area contributed by atoms with Crippen LogP contribution in [0.15, 0.2) is 30.3 Å². The van der Waals surface area contributed by atoms with E-state index in [1.54, 1.807) is 0 Å². The fourth-order valence-electron chi connectivity index (χ4n) is 3.14. The predicted octanol–water partition coefficient (Wildman–Crippen LogP) is 2.39. The monoisotopic (exact) mass is 320 g/mol. The third kappa shape index (κ3) is 5.52. The molecule has 0 spiro atoms. The van der Waals surface area contributed by atoms with E-state index >= 15 is 0 Å². The topological polar surface area (TPSA) is 61.8 Å². The minimum absolute atomic E-state index is 0.0261. The highest BCUT2D eigenvalue weighted by Crippen LogP contribution is 2.22. The van der Waals surface area contributed by atoms with Crippen LogP contribution < -0.4 is 5.32 Å². The zero-order valence-electron chi connectivity index (χ0n) is 14.1. The molecule has 1 heterocycles. The Labute approximate surface area is 138 Å². The van der Waals surface area contributed by atoms with Crippen molar-refractivity contribution >= 4 is 6.09 Å². The molecule has 0 radical (unpaired) electrons. The average molecular weight is 320 g/mol. The molecule has 5 nitrogen and oxygen atoms in total. The van der Waals surface area contributed by atoms with E-state index < -0.39 is 0 Å². The number of benzene rings is 1. The summed E-state index contributed by atoms with van der Waals surface area (Å²) >= 11 is 0. The maximum absolute atomic E-state index is 12.0. The zero-order valence-corrected chi connectivity index (χ0v) is 14.1. The summed E-state index contributed by atoms with van der Waals surface area (Å²) in [4.78, 5) is 14.3. The van der Waals surface area contributed by atoms with Gasteiger partial charge < -0.3 is 20.1 Å². The normalized spacial score (nSPS) is 23.3. The van der Waals surface area contributed by atoms with E-state index in [1.807, 2.05) is 37.3 Å². The Bertz CT molecular complexity index is 480. The van der Waals surface area contributed by atoms with Crippen molar-refractivity contribution in [2.75, 3.05) is 19.6 Å². The first-order valence-corrected chi connectivity index (χ1v) is 8.50. The van der Waals surface area contributed by atoms with Crippen LogP contribution in [0, 0.1) is 5.92 Å². The number of likely N-dealkylation sites (N-methyl/N-ethyl adjacent to an activating group) is 1. The van der Waals surface area contributed by atoms with Gasteiger partial charge in [0.15, 0.2) is 0 Å². The van der Waals surface area contributed by atoms with Crippen LogP contribution in [-0.2, 0) is 11.3 Å². The summed E-state index contributed by atoms with van der Waals surface area (Å²) < 4.78 is 5.29. The predicted molar refractivity (Wildman–Crippen MR) is 90.1 cm³/mol. The van der Waals surface area contributed by atoms with Crippen LogP contribution in [-0.4, -0.2) is 47.9 Å². The van der Waals surface area contributed by atoms with Crippen LogP contribution in [0.4, 0.5) is 4.79 Å². The van der Waals surface area contributed by atoms with Gasteiger partial charge in [0.2, 0.25) is 0 Å². The molecule has 0 aromatic heterocycles. The summed E-state index contributed by atoms with van der Waals surface area (Å²) in [6, 6.07) is 9.67. The Kier molecular flexibility index (Phi) is 6.86. The number of likely N-dealkylation sites (tertiary alicyclic amines) is 1. The van der Waals surface area contributed by atoms with E-state index in [0.29, 0.717) is 0 Å². The van der Waals surface area contributed by atoms with Crippen molar-refractivity contribution in [2.24, 2.45) is 5.92 Å². The molecule has 5 heteroatoms.